The summed E-state index contributed by atoms with van der Waals surface area (Å²) in [5.41, 5.74) is 1.16. The van der Waals surface area contributed by atoms with E-state index >= 15 is 0 Å². The van der Waals surface area contributed by atoms with Gasteiger partial charge in [0.15, 0.2) is 0 Å². The molecule has 0 spiro atoms. The molecule has 1 aromatic carbocycles. The van der Waals surface area contributed by atoms with Crippen molar-refractivity contribution in [2.75, 3.05) is 6.54 Å². The van der Waals surface area contributed by atoms with Crippen molar-refractivity contribution in [1.29, 1.82) is 0 Å². The number of carbonyl (C=O) groups is 1. The van der Waals surface area contributed by atoms with Crippen LogP contribution in [-0.4, -0.2) is 22.0 Å². The third-order valence-corrected chi connectivity index (χ3v) is 3.29. The van der Waals surface area contributed by atoms with Crippen molar-refractivity contribution >= 4 is 21.8 Å². The molecule has 0 aliphatic rings. The molecule has 20 heavy (non-hydrogen) atoms. The molecule has 0 radical (unpaired) electrons. The van der Waals surface area contributed by atoms with Crippen LogP contribution in [0.3, 0.4) is 0 Å². The lowest BCUT2D eigenvalue weighted by Gasteiger charge is -2.07. The Kier molecular flexibility index (Phi) is 4.68. The van der Waals surface area contributed by atoms with E-state index in [1.807, 2.05) is 12.1 Å². The molecule has 2 aromatic rings. The van der Waals surface area contributed by atoms with Crippen LogP contribution in [-0.2, 0) is 6.54 Å². The summed E-state index contributed by atoms with van der Waals surface area (Å²) in [6.07, 6.45) is 1.49. The lowest BCUT2D eigenvalue weighted by Crippen LogP contribution is -2.30. The standard InChI is InChI=1S/C14H14BrN3O2/c1-10-8-13(19)18(9-17-10)7-6-16-14(20)11-2-4-12(15)5-3-11/h2-5,8-9H,6-7H2,1H3,(H,16,20). The smallest absolute Gasteiger partial charge is 0.253 e. The third-order valence-electron chi connectivity index (χ3n) is 2.76. The van der Waals surface area contributed by atoms with Gasteiger partial charge in [0, 0.05) is 34.9 Å². The highest BCUT2D eigenvalue weighted by Crippen LogP contribution is 2.10. The molecule has 1 heterocycles. The number of aromatic nitrogens is 2. The maximum Gasteiger partial charge on any atom is 0.253 e. The number of nitrogens with one attached hydrogen (secondary N) is 1. The maximum atomic E-state index is 11.9. The zero-order chi connectivity index (χ0) is 14.5. The van der Waals surface area contributed by atoms with Gasteiger partial charge in [0.05, 0.1) is 6.33 Å². The summed E-state index contributed by atoms with van der Waals surface area (Å²) in [5.74, 6) is -0.161. The first-order valence-electron chi connectivity index (χ1n) is 6.13. The Labute approximate surface area is 124 Å². The number of aryl methyl sites for hydroxylation is 1. The normalized spacial score (nSPS) is 10.3. The highest BCUT2D eigenvalue weighted by molar-refractivity contribution is 9.10. The summed E-state index contributed by atoms with van der Waals surface area (Å²) in [6.45, 7) is 2.54. The second-order valence-electron chi connectivity index (χ2n) is 4.32. The van der Waals surface area contributed by atoms with Gasteiger partial charge in [-0.3, -0.25) is 14.2 Å². The number of hydrogen-bond acceptors (Lipinski definition) is 3. The van der Waals surface area contributed by atoms with E-state index in [9.17, 15) is 9.59 Å². The topological polar surface area (TPSA) is 64.0 Å². The van der Waals surface area contributed by atoms with Gasteiger partial charge in [0.1, 0.15) is 0 Å². The Morgan fingerprint density at radius 2 is 2.05 bits per heavy atom. The molecule has 104 valence electrons. The molecule has 1 aromatic heterocycles. The molecule has 0 aliphatic carbocycles. The van der Waals surface area contributed by atoms with Crippen molar-refractivity contribution < 1.29 is 4.79 Å². The Morgan fingerprint density at radius 3 is 2.70 bits per heavy atom. The van der Waals surface area contributed by atoms with Crippen molar-refractivity contribution in [3.8, 4) is 0 Å². The minimum Gasteiger partial charge on any atom is -0.350 e. The minimum absolute atomic E-state index is 0.115. The van der Waals surface area contributed by atoms with Gasteiger partial charge in [-0.1, -0.05) is 15.9 Å². The predicted octanol–water partition coefficient (Wildman–Crippen LogP) is 1.74. The highest BCUT2D eigenvalue weighted by Gasteiger charge is 2.04. The molecule has 0 aliphatic heterocycles. The van der Waals surface area contributed by atoms with Crippen molar-refractivity contribution in [3.63, 3.8) is 0 Å². The van der Waals surface area contributed by atoms with E-state index < -0.39 is 0 Å². The van der Waals surface area contributed by atoms with Crippen LogP contribution in [0.25, 0.3) is 0 Å². The van der Waals surface area contributed by atoms with E-state index in [1.165, 1.54) is 17.0 Å². The van der Waals surface area contributed by atoms with Crippen LogP contribution in [0.1, 0.15) is 16.1 Å². The second kappa shape index (κ2) is 6.47. The lowest BCUT2D eigenvalue weighted by molar-refractivity contribution is 0.0952. The Balaban J connectivity index is 1.91. The maximum absolute atomic E-state index is 11.9. The van der Waals surface area contributed by atoms with Crippen molar-refractivity contribution in [2.45, 2.75) is 13.5 Å². The molecule has 0 unspecified atom stereocenters. The van der Waals surface area contributed by atoms with Gasteiger partial charge < -0.3 is 5.32 Å². The molecule has 0 bridgehead atoms. The average molecular weight is 336 g/mol. The number of halogens is 1. The number of amides is 1. The van der Waals surface area contributed by atoms with Crippen LogP contribution in [0.2, 0.25) is 0 Å². The first-order chi connectivity index (χ1) is 9.56. The number of carbonyl (C=O) groups excluding carboxylic acids is 1. The van der Waals surface area contributed by atoms with Crippen LogP contribution >= 0.6 is 15.9 Å². The van der Waals surface area contributed by atoms with Gasteiger partial charge in [-0.2, -0.15) is 0 Å². The van der Waals surface area contributed by atoms with Gasteiger partial charge in [-0.15, -0.1) is 0 Å². The molecule has 1 amide bonds. The van der Waals surface area contributed by atoms with Gasteiger partial charge in [0.25, 0.3) is 11.5 Å². The van der Waals surface area contributed by atoms with Crippen LogP contribution in [0.15, 0.2) is 45.9 Å². The number of rotatable bonds is 4. The van der Waals surface area contributed by atoms with Crippen LogP contribution in [0.4, 0.5) is 0 Å². The quantitative estimate of drug-likeness (QED) is 0.925. The number of benzene rings is 1. The summed E-state index contributed by atoms with van der Waals surface area (Å²) in [6, 6.07) is 8.56. The van der Waals surface area contributed by atoms with E-state index in [0.29, 0.717) is 24.3 Å². The van der Waals surface area contributed by atoms with E-state index in [2.05, 4.69) is 26.2 Å². The van der Waals surface area contributed by atoms with E-state index in [1.54, 1.807) is 19.1 Å². The summed E-state index contributed by atoms with van der Waals surface area (Å²) in [7, 11) is 0. The fourth-order valence-corrected chi connectivity index (χ4v) is 1.94. The Hall–Kier alpha value is -1.95. The molecule has 5 nitrogen and oxygen atoms in total. The molecular formula is C14H14BrN3O2. The highest BCUT2D eigenvalue weighted by atomic mass is 79.9. The van der Waals surface area contributed by atoms with Crippen molar-refractivity contribution in [3.05, 3.63) is 62.7 Å². The summed E-state index contributed by atoms with van der Waals surface area (Å²) in [5, 5.41) is 2.77. The SMILES string of the molecule is Cc1cc(=O)n(CCNC(=O)c2ccc(Br)cc2)cn1. The summed E-state index contributed by atoms with van der Waals surface area (Å²) < 4.78 is 2.39. The van der Waals surface area contributed by atoms with Gasteiger partial charge in [0.2, 0.25) is 0 Å². The molecule has 6 heteroatoms. The zero-order valence-electron chi connectivity index (χ0n) is 11.0. The molecule has 0 saturated carbocycles. The molecule has 0 atom stereocenters. The number of hydrogen-bond donors (Lipinski definition) is 1. The van der Waals surface area contributed by atoms with Crippen LogP contribution in [0.5, 0.6) is 0 Å². The second-order valence-corrected chi connectivity index (χ2v) is 5.24. The van der Waals surface area contributed by atoms with Gasteiger partial charge >= 0.3 is 0 Å². The molecule has 0 fully saturated rings. The van der Waals surface area contributed by atoms with Crippen molar-refractivity contribution in [2.24, 2.45) is 0 Å². The minimum atomic E-state index is -0.161. The van der Waals surface area contributed by atoms with Crippen molar-refractivity contribution in [1.82, 2.24) is 14.9 Å². The monoisotopic (exact) mass is 335 g/mol. The largest absolute Gasteiger partial charge is 0.350 e. The summed E-state index contributed by atoms with van der Waals surface area (Å²) >= 11 is 3.31. The molecular weight excluding hydrogens is 322 g/mol. The fraction of sp³-hybridized carbons (Fsp3) is 0.214. The lowest BCUT2D eigenvalue weighted by atomic mass is 10.2. The molecule has 1 N–H and O–H groups in total. The van der Waals surface area contributed by atoms with Gasteiger partial charge in [-0.25, -0.2) is 4.98 Å². The van der Waals surface area contributed by atoms with Crippen LogP contribution in [0, 0.1) is 6.92 Å². The van der Waals surface area contributed by atoms with E-state index in [0.717, 1.165) is 4.47 Å². The first kappa shape index (κ1) is 14.5. The Morgan fingerprint density at radius 1 is 1.35 bits per heavy atom. The van der Waals surface area contributed by atoms with Crippen LogP contribution < -0.4 is 10.9 Å². The first-order valence-corrected chi connectivity index (χ1v) is 6.92. The molecule has 2 rings (SSSR count). The van der Waals surface area contributed by atoms with E-state index in [-0.39, 0.29) is 11.5 Å². The number of nitrogens with zero attached hydrogens (tertiary/aromatic N) is 2. The third kappa shape index (κ3) is 3.77. The average Bonchev–Trinajstić information content (AvgIpc) is 2.42. The fourth-order valence-electron chi connectivity index (χ4n) is 1.68. The van der Waals surface area contributed by atoms with Gasteiger partial charge in [-0.05, 0) is 31.2 Å². The predicted molar refractivity (Wildman–Crippen MR) is 79.7 cm³/mol. The zero-order valence-corrected chi connectivity index (χ0v) is 12.6. The van der Waals surface area contributed by atoms with E-state index in [4.69, 9.17) is 0 Å². The molecule has 0 saturated heterocycles. The Bertz CT molecular complexity index is 665. The summed E-state index contributed by atoms with van der Waals surface area (Å²) in [4.78, 5) is 27.5.